The molecular weight excluding hydrogens is 210 g/mol. The maximum absolute atomic E-state index is 9.30. The summed E-state index contributed by atoms with van der Waals surface area (Å²) in [5.74, 6) is 1.01. The van der Waals surface area contributed by atoms with Crippen molar-refractivity contribution in [1.29, 1.82) is 0 Å². The Labute approximate surface area is 94.9 Å². The molecule has 1 heterocycles. The Bertz CT molecular complexity index is 274. The van der Waals surface area contributed by atoms with Crippen LogP contribution in [0.3, 0.4) is 0 Å². The Morgan fingerprint density at radius 3 is 2.87 bits per heavy atom. The SMILES string of the molecule is COCCCSc1ccc([C@@H](C)O)cn1. The van der Waals surface area contributed by atoms with Crippen molar-refractivity contribution in [3.8, 4) is 0 Å². The summed E-state index contributed by atoms with van der Waals surface area (Å²) in [4.78, 5) is 4.26. The smallest absolute Gasteiger partial charge is 0.0960 e. The zero-order valence-electron chi connectivity index (χ0n) is 9.14. The average Bonchev–Trinajstić information content (AvgIpc) is 2.25. The third-order valence-electron chi connectivity index (χ3n) is 1.98. The van der Waals surface area contributed by atoms with Crippen molar-refractivity contribution in [3.63, 3.8) is 0 Å². The van der Waals surface area contributed by atoms with Crippen LogP contribution in [0.1, 0.15) is 25.0 Å². The first-order chi connectivity index (χ1) is 7.24. The standard InChI is InChI=1S/C11H17NO2S/c1-9(13)10-4-5-11(12-8-10)15-7-3-6-14-2/h4-5,8-9,13H,3,6-7H2,1-2H3/t9-/m1/s1. The predicted molar refractivity (Wildman–Crippen MR) is 62.1 cm³/mol. The zero-order chi connectivity index (χ0) is 11.1. The number of hydrogen-bond acceptors (Lipinski definition) is 4. The fourth-order valence-electron chi connectivity index (χ4n) is 1.10. The van der Waals surface area contributed by atoms with Crippen molar-refractivity contribution in [2.45, 2.75) is 24.5 Å². The summed E-state index contributed by atoms with van der Waals surface area (Å²) in [7, 11) is 1.71. The molecule has 0 aliphatic heterocycles. The van der Waals surface area contributed by atoms with E-state index in [0.29, 0.717) is 0 Å². The number of aromatic nitrogens is 1. The molecule has 0 aromatic carbocycles. The minimum Gasteiger partial charge on any atom is -0.389 e. The summed E-state index contributed by atoms with van der Waals surface area (Å²) in [6.07, 6.45) is 2.31. The molecule has 84 valence electrons. The fourth-order valence-corrected chi connectivity index (χ4v) is 1.87. The molecule has 0 radical (unpaired) electrons. The monoisotopic (exact) mass is 227 g/mol. The molecule has 0 bridgehead atoms. The molecule has 0 aliphatic carbocycles. The molecule has 0 amide bonds. The van der Waals surface area contributed by atoms with Crippen LogP contribution in [0.5, 0.6) is 0 Å². The summed E-state index contributed by atoms with van der Waals surface area (Å²) in [6, 6.07) is 3.86. The number of thioether (sulfide) groups is 1. The molecule has 15 heavy (non-hydrogen) atoms. The second kappa shape index (κ2) is 6.82. The number of ether oxygens (including phenoxy) is 1. The van der Waals surface area contributed by atoms with Crippen LogP contribution in [0.4, 0.5) is 0 Å². The maximum Gasteiger partial charge on any atom is 0.0960 e. The zero-order valence-corrected chi connectivity index (χ0v) is 9.96. The Kier molecular flexibility index (Phi) is 5.68. The van der Waals surface area contributed by atoms with E-state index in [2.05, 4.69) is 4.98 Å². The molecule has 0 saturated carbocycles. The van der Waals surface area contributed by atoms with Crippen LogP contribution in [0.15, 0.2) is 23.4 Å². The highest BCUT2D eigenvalue weighted by molar-refractivity contribution is 7.99. The molecule has 0 spiro atoms. The van der Waals surface area contributed by atoms with E-state index in [1.165, 1.54) is 0 Å². The molecule has 1 atom stereocenters. The number of hydrogen-bond donors (Lipinski definition) is 1. The molecule has 0 saturated heterocycles. The quantitative estimate of drug-likeness (QED) is 0.598. The Balaban J connectivity index is 2.36. The lowest BCUT2D eigenvalue weighted by atomic mass is 10.2. The highest BCUT2D eigenvalue weighted by atomic mass is 32.2. The Morgan fingerprint density at radius 1 is 1.53 bits per heavy atom. The summed E-state index contributed by atoms with van der Waals surface area (Å²) in [5.41, 5.74) is 0.858. The number of methoxy groups -OCH3 is 1. The van der Waals surface area contributed by atoms with Gasteiger partial charge in [0.1, 0.15) is 0 Å². The number of nitrogens with zero attached hydrogens (tertiary/aromatic N) is 1. The van der Waals surface area contributed by atoms with Crippen molar-refractivity contribution in [2.75, 3.05) is 19.5 Å². The molecule has 4 heteroatoms. The van der Waals surface area contributed by atoms with Crippen LogP contribution in [-0.4, -0.2) is 29.6 Å². The van der Waals surface area contributed by atoms with Gasteiger partial charge in [0.2, 0.25) is 0 Å². The first kappa shape index (κ1) is 12.5. The molecule has 1 N–H and O–H groups in total. The van der Waals surface area contributed by atoms with Gasteiger partial charge in [0.15, 0.2) is 0 Å². The summed E-state index contributed by atoms with van der Waals surface area (Å²) in [5, 5.41) is 10.3. The highest BCUT2D eigenvalue weighted by Gasteiger charge is 2.01. The van der Waals surface area contributed by atoms with Gasteiger partial charge in [-0.1, -0.05) is 6.07 Å². The summed E-state index contributed by atoms with van der Waals surface area (Å²) < 4.78 is 4.96. The third-order valence-corrected chi connectivity index (χ3v) is 3.01. The van der Waals surface area contributed by atoms with E-state index in [0.717, 1.165) is 29.4 Å². The second-order valence-electron chi connectivity index (χ2n) is 3.30. The van der Waals surface area contributed by atoms with E-state index in [-0.39, 0.29) is 0 Å². The van der Waals surface area contributed by atoms with Gasteiger partial charge in [-0.15, -0.1) is 11.8 Å². The Morgan fingerprint density at radius 2 is 2.33 bits per heavy atom. The molecular formula is C11H17NO2S. The minimum absolute atomic E-state index is 0.440. The predicted octanol–water partition coefficient (Wildman–Crippen LogP) is 2.26. The molecule has 3 nitrogen and oxygen atoms in total. The van der Waals surface area contributed by atoms with Crippen LogP contribution in [-0.2, 0) is 4.74 Å². The number of pyridine rings is 1. The number of aliphatic hydroxyl groups excluding tert-OH is 1. The normalized spacial score (nSPS) is 12.7. The van der Waals surface area contributed by atoms with Gasteiger partial charge in [0.05, 0.1) is 11.1 Å². The topological polar surface area (TPSA) is 42.4 Å². The van der Waals surface area contributed by atoms with E-state index in [4.69, 9.17) is 4.74 Å². The van der Waals surface area contributed by atoms with Crippen molar-refractivity contribution >= 4 is 11.8 Å². The van der Waals surface area contributed by atoms with Crippen molar-refractivity contribution in [1.82, 2.24) is 4.98 Å². The van der Waals surface area contributed by atoms with Gasteiger partial charge < -0.3 is 9.84 Å². The van der Waals surface area contributed by atoms with E-state index < -0.39 is 6.10 Å². The van der Waals surface area contributed by atoms with E-state index in [9.17, 15) is 5.11 Å². The molecule has 0 unspecified atom stereocenters. The maximum atomic E-state index is 9.30. The van der Waals surface area contributed by atoms with Crippen molar-refractivity contribution in [2.24, 2.45) is 0 Å². The lowest BCUT2D eigenvalue weighted by Gasteiger charge is -2.05. The lowest BCUT2D eigenvalue weighted by Crippen LogP contribution is -1.93. The third kappa shape index (κ3) is 4.64. The van der Waals surface area contributed by atoms with Crippen molar-refractivity contribution in [3.05, 3.63) is 23.9 Å². The van der Waals surface area contributed by atoms with Gasteiger partial charge in [-0.25, -0.2) is 4.98 Å². The van der Waals surface area contributed by atoms with Gasteiger partial charge >= 0.3 is 0 Å². The fraction of sp³-hybridized carbons (Fsp3) is 0.545. The Hall–Kier alpha value is -0.580. The first-order valence-corrected chi connectivity index (χ1v) is 5.98. The van der Waals surface area contributed by atoms with Crippen LogP contribution < -0.4 is 0 Å². The molecule has 1 rings (SSSR count). The molecule has 1 aromatic rings. The van der Waals surface area contributed by atoms with Gasteiger partial charge in [0.25, 0.3) is 0 Å². The lowest BCUT2D eigenvalue weighted by molar-refractivity contribution is 0.198. The number of rotatable bonds is 6. The van der Waals surface area contributed by atoms with E-state index >= 15 is 0 Å². The summed E-state index contributed by atoms with van der Waals surface area (Å²) >= 11 is 1.71. The van der Waals surface area contributed by atoms with Crippen LogP contribution >= 0.6 is 11.8 Å². The van der Waals surface area contributed by atoms with Gasteiger partial charge in [-0.05, 0) is 25.0 Å². The molecule has 0 aliphatic rings. The number of aliphatic hydroxyl groups is 1. The molecule has 0 fully saturated rings. The van der Waals surface area contributed by atoms with Gasteiger partial charge in [-0.3, -0.25) is 0 Å². The van der Waals surface area contributed by atoms with E-state index in [1.807, 2.05) is 12.1 Å². The van der Waals surface area contributed by atoms with Gasteiger partial charge in [0, 0.05) is 25.7 Å². The van der Waals surface area contributed by atoms with Crippen molar-refractivity contribution < 1.29 is 9.84 Å². The van der Waals surface area contributed by atoms with Crippen LogP contribution in [0, 0.1) is 0 Å². The largest absolute Gasteiger partial charge is 0.389 e. The first-order valence-electron chi connectivity index (χ1n) is 5.00. The average molecular weight is 227 g/mol. The van der Waals surface area contributed by atoms with Crippen LogP contribution in [0.2, 0.25) is 0 Å². The van der Waals surface area contributed by atoms with E-state index in [1.54, 1.807) is 32.0 Å². The highest BCUT2D eigenvalue weighted by Crippen LogP contribution is 2.18. The second-order valence-corrected chi connectivity index (χ2v) is 4.42. The summed E-state index contributed by atoms with van der Waals surface area (Å²) in [6.45, 7) is 2.53. The molecule has 1 aromatic heterocycles. The van der Waals surface area contributed by atoms with Crippen LogP contribution in [0.25, 0.3) is 0 Å². The minimum atomic E-state index is -0.440. The van der Waals surface area contributed by atoms with Gasteiger partial charge in [-0.2, -0.15) is 0 Å².